The number of aliphatic hydroxyl groups is 1. The van der Waals surface area contributed by atoms with Gasteiger partial charge in [-0.25, -0.2) is 4.98 Å². The van der Waals surface area contributed by atoms with Crippen LogP contribution in [0.1, 0.15) is 23.4 Å². The molecule has 1 amide bonds. The molecule has 21 heavy (non-hydrogen) atoms. The maximum atomic E-state index is 11.5. The molecule has 0 bridgehead atoms. The number of aryl methyl sites for hydroxylation is 1. The van der Waals surface area contributed by atoms with Crippen molar-refractivity contribution in [2.45, 2.75) is 38.3 Å². The first kappa shape index (κ1) is 16.4. The van der Waals surface area contributed by atoms with E-state index in [1.807, 2.05) is 12.4 Å². The summed E-state index contributed by atoms with van der Waals surface area (Å²) in [4.78, 5) is 16.9. The van der Waals surface area contributed by atoms with Crippen molar-refractivity contribution >= 4 is 17.2 Å². The number of ether oxygens (including phenoxy) is 1. The number of nitrogens with one attached hydrogen (secondary N) is 2. The van der Waals surface area contributed by atoms with Gasteiger partial charge in [-0.1, -0.05) is 0 Å². The fraction of sp³-hybridized carbons (Fsp3) is 0.714. The smallest absolute Gasteiger partial charge is 0.237 e. The molecule has 1 saturated heterocycles. The van der Waals surface area contributed by atoms with Crippen LogP contribution in [0.5, 0.6) is 0 Å². The van der Waals surface area contributed by atoms with Crippen LogP contribution >= 0.6 is 11.3 Å². The Bertz CT molecular complexity index is 452. The van der Waals surface area contributed by atoms with Crippen LogP contribution in [0.25, 0.3) is 0 Å². The van der Waals surface area contributed by atoms with Gasteiger partial charge in [0.15, 0.2) is 0 Å². The number of thiazole rings is 1. The lowest BCUT2D eigenvalue weighted by atomic mass is 10.1. The molecule has 118 valence electrons. The lowest BCUT2D eigenvalue weighted by Crippen LogP contribution is -2.50. The Labute approximate surface area is 128 Å². The molecule has 7 heteroatoms. The van der Waals surface area contributed by atoms with Crippen LogP contribution in [0.2, 0.25) is 0 Å². The van der Waals surface area contributed by atoms with Crippen LogP contribution in [-0.2, 0) is 16.0 Å². The van der Waals surface area contributed by atoms with Crippen LogP contribution < -0.4 is 10.6 Å². The molecule has 0 aliphatic carbocycles. The fourth-order valence-electron chi connectivity index (χ4n) is 2.25. The second-order valence-electron chi connectivity index (χ2n) is 5.23. The average Bonchev–Trinajstić information content (AvgIpc) is 2.88. The molecule has 2 rings (SSSR count). The zero-order valence-electron chi connectivity index (χ0n) is 12.3. The van der Waals surface area contributed by atoms with Crippen molar-refractivity contribution in [3.8, 4) is 0 Å². The molecule has 2 atom stereocenters. The van der Waals surface area contributed by atoms with Gasteiger partial charge in [0.1, 0.15) is 0 Å². The molecule has 3 N–H and O–H groups in total. The second kappa shape index (κ2) is 8.43. The van der Waals surface area contributed by atoms with E-state index in [9.17, 15) is 9.90 Å². The number of amides is 1. The van der Waals surface area contributed by atoms with Crippen LogP contribution in [0.3, 0.4) is 0 Å². The molecule has 6 nitrogen and oxygen atoms in total. The van der Waals surface area contributed by atoms with Gasteiger partial charge in [0, 0.05) is 24.4 Å². The minimum atomic E-state index is -0.595. The monoisotopic (exact) mass is 313 g/mol. The highest BCUT2D eigenvalue weighted by Gasteiger charge is 2.21. The largest absolute Gasteiger partial charge is 0.389 e. The maximum absolute atomic E-state index is 11.5. The van der Waals surface area contributed by atoms with Crippen LogP contribution in [0.15, 0.2) is 5.51 Å². The van der Waals surface area contributed by atoms with E-state index >= 15 is 0 Å². The summed E-state index contributed by atoms with van der Waals surface area (Å²) in [7, 11) is 0. The predicted octanol–water partition coefficient (Wildman–Crippen LogP) is 0.240. The third kappa shape index (κ3) is 5.35. The van der Waals surface area contributed by atoms with Gasteiger partial charge in [0.25, 0.3) is 0 Å². The third-order valence-electron chi connectivity index (χ3n) is 3.51. The van der Waals surface area contributed by atoms with Crippen LogP contribution in [0.4, 0.5) is 0 Å². The second-order valence-corrected chi connectivity index (χ2v) is 6.17. The number of hydrogen-bond acceptors (Lipinski definition) is 6. The number of nitrogens with zero attached hydrogens (tertiary/aromatic N) is 1. The van der Waals surface area contributed by atoms with Crippen molar-refractivity contribution in [2.24, 2.45) is 0 Å². The Kier molecular flexibility index (Phi) is 6.56. The molecule has 0 saturated carbocycles. The summed E-state index contributed by atoms with van der Waals surface area (Å²) in [5.41, 5.74) is 2.88. The highest BCUT2D eigenvalue weighted by Crippen LogP contribution is 2.12. The normalized spacial score (nSPS) is 20.3. The van der Waals surface area contributed by atoms with Crippen molar-refractivity contribution in [2.75, 3.05) is 26.3 Å². The molecule has 2 heterocycles. The molecule has 2 unspecified atom stereocenters. The third-order valence-corrected chi connectivity index (χ3v) is 4.51. The van der Waals surface area contributed by atoms with Crippen molar-refractivity contribution < 1.29 is 14.6 Å². The Morgan fingerprint density at radius 2 is 2.52 bits per heavy atom. The molecule has 1 aromatic rings. The Morgan fingerprint density at radius 3 is 3.24 bits per heavy atom. The van der Waals surface area contributed by atoms with E-state index in [4.69, 9.17) is 4.74 Å². The summed E-state index contributed by atoms with van der Waals surface area (Å²) >= 11 is 1.63. The van der Waals surface area contributed by atoms with Gasteiger partial charge < -0.3 is 20.5 Å². The molecule has 0 radical (unpaired) electrons. The first-order chi connectivity index (χ1) is 10.2. The lowest BCUT2D eigenvalue weighted by Gasteiger charge is -2.24. The molecule has 1 aromatic heterocycles. The van der Waals surface area contributed by atoms with E-state index in [1.165, 1.54) is 4.88 Å². The number of aliphatic hydroxyl groups excluding tert-OH is 1. The molecule has 0 aromatic carbocycles. The Morgan fingerprint density at radius 1 is 1.67 bits per heavy atom. The number of carbonyl (C=O) groups is 1. The minimum absolute atomic E-state index is 0.0232. The molecule has 0 spiro atoms. The van der Waals surface area contributed by atoms with Gasteiger partial charge >= 0.3 is 0 Å². The van der Waals surface area contributed by atoms with Crippen LogP contribution in [0, 0.1) is 6.92 Å². The highest BCUT2D eigenvalue weighted by molar-refractivity contribution is 7.09. The lowest BCUT2D eigenvalue weighted by molar-refractivity contribution is -0.124. The summed E-state index contributed by atoms with van der Waals surface area (Å²) in [6.45, 7) is 3.96. The number of hydrogen-bond donors (Lipinski definition) is 3. The van der Waals surface area contributed by atoms with Gasteiger partial charge in [0.05, 0.1) is 36.6 Å². The molecule has 1 aliphatic heterocycles. The standard InChI is InChI=1S/C14H23N3O3S/c1-10-13(21-9-17-10)4-6-20-8-11(18)7-16-12-3-2-5-15-14(12)19/h9,11-12,16,18H,2-8H2,1H3,(H,15,19). The van der Waals surface area contributed by atoms with Gasteiger partial charge in [-0.3, -0.25) is 4.79 Å². The number of piperidine rings is 1. The van der Waals surface area contributed by atoms with Gasteiger partial charge in [-0.05, 0) is 19.8 Å². The summed E-state index contributed by atoms with van der Waals surface area (Å²) in [6, 6.07) is -0.187. The first-order valence-electron chi connectivity index (χ1n) is 7.32. The SMILES string of the molecule is Cc1ncsc1CCOCC(O)CNC1CCCNC1=O. The Balaban J connectivity index is 1.56. The quantitative estimate of drug-likeness (QED) is 0.599. The van der Waals surface area contributed by atoms with E-state index in [-0.39, 0.29) is 18.6 Å². The van der Waals surface area contributed by atoms with E-state index in [0.29, 0.717) is 13.2 Å². The van der Waals surface area contributed by atoms with E-state index in [1.54, 1.807) is 11.3 Å². The topological polar surface area (TPSA) is 83.5 Å². The molecular formula is C14H23N3O3S. The average molecular weight is 313 g/mol. The van der Waals surface area contributed by atoms with Crippen molar-refractivity contribution in [1.82, 2.24) is 15.6 Å². The van der Waals surface area contributed by atoms with Gasteiger partial charge in [0.2, 0.25) is 5.91 Å². The fourth-order valence-corrected chi connectivity index (χ4v) is 3.02. The predicted molar refractivity (Wildman–Crippen MR) is 81.4 cm³/mol. The maximum Gasteiger partial charge on any atom is 0.237 e. The zero-order chi connectivity index (χ0) is 15.1. The van der Waals surface area contributed by atoms with Gasteiger partial charge in [-0.15, -0.1) is 11.3 Å². The van der Waals surface area contributed by atoms with E-state index in [0.717, 1.165) is 31.5 Å². The van der Waals surface area contributed by atoms with Crippen molar-refractivity contribution in [1.29, 1.82) is 0 Å². The first-order valence-corrected chi connectivity index (χ1v) is 8.20. The number of rotatable bonds is 8. The minimum Gasteiger partial charge on any atom is -0.389 e. The van der Waals surface area contributed by atoms with Gasteiger partial charge in [-0.2, -0.15) is 0 Å². The highest BCUT2D eigenvalue weighted by atomic mass is 32.1. The number of aromatic nitrogens is 1. The van der Waals surface area contributed by atoms with E-state index < -0.39 is 6.10 Å². The van der Waals surface area contributed by atoms with E-state index in [2.05, 4.69) is 15.6 Å². The number of carbonyl (C=O) groups excluding carboxylic acids is 1. The summed E-state index contributed by atoms with van der Waals surface area (Å²) < 4.78 is 5.48. The molecular weight excluding hydrogens is 290 g/mol. The zero-order valence-corrected chi connectivity index (χ0v) is 13.1. The molecule has 1 aliphatic rings. The van der Waals surface area contributed by atoms with Crippen LogP contribution in [-0.4, -0.2) is 54.4 Å². The van der Waals surface area contributed by atoms with Crippen molar-refractivity contribution in [3.63, 3.8) is 0 Å². The molecule has 1 fully saturated rings. The summed E-state index contributed by atoms with van der Waals surface area (Å²) in [5.74, 6) is 0.0232. The summed E-state index contributed by atoms with van der Waals surface area (Å²) in [5, 5.41) is 15.7. The van der Waals surface area contributed by atoms with Crippen molar-refractivity contribution in [3.05, 3.63) is 16.1 Å². The summed E-state index contributed by atoms with van der Waals surface area (Å²) in [6.07, 6.45) is 2.03. The Hall–Kier alpha value is -1.02.